The molecule has 0 saturated carbocycles. The van der Waals surface area contributed by atoms with Crippen LogP contribution in [0.4, 0.5) is 4.39 Å². The first-order valence-electron chi connectivity index (χ1n) is 13.7. The van der Waals surface area contributed by atoms with Crippen LogP contribution in [-0.2, 0) is 22.7 Å². The molecule has 0 aliphatic carbocycles. The molecule has 0 radical (unpaired) electrons. The highest BCUT2D eigenvalue weighted by atomic mass is 19.1. The zero-order chi connectivity index (χ0) is 29.4. The Kier molecular flexibility index (Phi) is 7.08. The van der Waals surface area contributed by atoms with Crippen molar-refractivity contribution in [1.82, 2.24) is 9.88 Å². The SMILES string of the molecule is Cc1cc(/C(O)=C2\C(=O)C(=O)N(Cc3ccc(F)cc3)C2c2c(C)[nH]c3ccccc23)ccc1OCc1ccccc1. The number of nitrogens with zero attached hydrogens (tertiary/aromatic N) is 1. The van der Waals surface area contributed by atoms with Crippen LogP contribution in [0.3, 0.4) is 0 Å². The largest absolute Gasteiger partial charge is 0.507 e. The number of aromatic amines is 1. The summed E-state index contributed by atoms with van der Waals surface area (Å²) in [6.07, 6.45) is 0. The van der Waals surface area contributed by atoms with Gasteiger partial charge in [-0.1, -0.05) is 60.7 Å². The summed E-state index contributed by atoms with van der Waals surface area (Å²) in [5.74, 6) is -1.50. The van der Waals surface area contributed by atoms with E-state index in [1.165, 1.54) is 17.0 Å². The first kappa shape index (κ1) is 27.0. The molecule has 210 valence electrons. The minimum Gasteiger partial charge on any atom is -0.507 e. The third-order valence-corrected chi connectivity index (χ3v) is 7.71. The van der Waals surface area contributed by atoms with E-state index in [4.69, 9.17) is 4.74 Å². The molecule has 4 aromatic carbocycles. The maximum atomic E-state index is 13.6. The Hall–Kier alpha value is -5.17. The number of Topliss-reactive ketones (excluding diaryl/α,β-unsaturated/α-hetero) is 1. The summed E-state index contributed by atoms with van der Waals surface area (Å²) < 4.78 is 19.6. The molecule has 42 heavy (non-hydrogen) atoms. The molecule has 1 aliphatic rings. The number of fused-ring (bicyclic) bond motifs is 1. The first-order valence-corrected chi connectivity index (χ1v) is 13.7. The second-order valence-corrected chi connectivity index (χ2v) is 10.5. The molecule has 1 aliphatic heterocycles. The summed E-state index contributed by atoms with van der Waals surface area (Å²) in [6.45, 7) is 4.21. The molecule has 1 amide bonds. The molecule has 1 fully saturated rings. The standard InChI is InChI=1S/C35H29FN2O4/c1-21-18-25(14-17-29(21)42-20-24-8-4-3-5-9-24)33(39)31-32(30-22(2)37-28-11-7-6-10-27(28)30)38(35(41)34(31)40)19-23-12-15-26(36)16-13-23/h3-18,32,37,39H,19-20H2,1-2H3/b33-31+. The summed E-state index contributed by atoms with van der Waals surface area (Å²) in [4.78, 5) is 32.0. The summed E-state index contributed by atoms with van der Waals surface area (Å²) in [6, 6.07) is 27.6. The van der Waals surface area contributed by atoms with Gasteiger partial charge in [0.15, 0.2) is 0 Å². The molecule has 1 unspecified atom stereocenters. The van der Waals surface area contributed by atoms with Gasteiger partial charge in [0.25, 0.3) is 11.7 Å². The summed E-state index contributed by atoms with van der Waals surface area (Å²) in [7, 11) is 0. The fraction of sp³-hybridized carbons (Fsp3) is 0.143. The molecule has 7 heteroatoms. The molecule has 1 atom stereocenters. The van der Waals surface area contributed by atoms with Gasteiger partial charge in [0.1, 0.15) is 23.9 Å². The smallest absolute Gasteiger partial charge is 0.295 e. The van der Waals surface area contributed by atoms with Gasteiger partial charge in [0, 0.05) is 34.3 Å². The number of aliphatic hydroxyl groups excluding tert-OH is 1. The molecule has 5 aromatic rings. The molecular weight excluding hydrogens is 531 g/mol. The number of rotatable bonds is 7. The molecule has 0 bridgehead atoms. The molecule has 6 nitrogen and oxygen atoms in total. The minimum atomic E-state index is -0.861. The van der Waals surface area contributed by atoms with Crippen molar-refractivity contribution in [2.75, 3.05) is 0 Å². The maximum absolute atomic E-state index is 13.6. The number of amides is 1. The zero-order valence-electron chi connectivity index (χ0n) is 23.2. The lowest BCUT2D eigenvalue weighted by molar-refractivity contribution is -0.140. The number of likely N-dealkylation sites (tertiary alicyclic amines) is 1. The second-order valence-electron chi connectivity index (χ2n) is 10.5. The average Bonchev–Trinajstić information content (AvgIpc) is 3.45. The fourth-order valence-corrected chi connectivity index (χ4v) is 5.63. The summed E-state index contributed by atoms with van der Waals surface area (Å²) in [5.41, 5.74) is 5.24. The molecule has 0 spiro atoms. The molecular formula is C35H29FN2O4. The van der Waals surface area contributed by atoms with Crippen molar-refractivity contribution < 1.29 is 23.8 Å². The van der Waals surface area contributed by atoms with E-state index >= 15 is 0 Å². The van der Waals surface area contributed by atoms with Crippen molar-refractivity contribution in [1.29, 1.82) is 0 Å². The highest BCUT2D eigenvalue weighted by Gasteiger charge is 2.47. The molecule has 1 aromatic heterocycles. The van der Waals surface area contributed by atoms with E-state index in [-0.39, 0.29) is 17.9 Å². The van der Waals surface area contributed by atoms with E-state index in [2.05, 4.69) is 4.98 Å². The number of aryl methyl sites for hydroxylation is 2. The number of ether oxygens (including phenoxy) is 1. The van der Waals surface area contributed by atoms with Crippen molar-refractivity contribution in [3.05, 3.63) is 142 Å². The van der Waals surface area contributed by atoms with E-state index in [9.17, 15) is 19.1 Å². The van der Waals surface area contributed by atoms with Crippen molar-refractivity contribution in [3.8, 4) is 5.75 Å². The van der Waals surface area contributed by atoms with Gasteiger partial charge in [-0.25, -0.2) is 4.39 Å². The Labute approximate surface area is 242 Å². The van der Waals surface area contributed by atoms with Crippen LogP contribution in [0, 0.1) is 19.7 Å². The van der Waals surface area contributed by atoms with Crippen LogP contribution in [0.25, 0.3) is 16.7 Å². The Morgan fingerprint density at radius 2 is 1.62 bits per heavy atom. The minimum absolute atomic E-state index is 0.00678. The van der Waals surface area contributed by atoms with Crippen LogP contribution in [-0.4, -0.2) is 26.7 Å². The Morgan fingerprint density at radius 3 is 2.36 bits per heavy atom. The number of nitrogens with one attached hydrogen (secondary N) is 1. The van der Waals surface area contributed by atoms with Crippen molar-refractivity contribution in [3.63, 3.8) is 0 Å². The monoisotopic (exact) mass is 560 g/mol. The van der Waals surface area contributed by atoms with Gasteiger partial charge in [-0.3, -0.25) is 9.59 Å². The number of hydrogen-bond donors (Lipinski definition) is 2. The summed E-state index contributed by atoms with van der Waals surface area (Å²) in [5, 5.41) is 12.5. The van der Waals surface area contributed by atoms with Gasteiger partial charge in [-0.05, 0) is 66.9 Å². The number of benzene rings is 4. The topological polar surface area (TPSA) is 82.6 Å². The van der Waals surface area contributed by atoms with Gasteiger partial charge >= 0.3 is 0 Å². The van der Waals surface area contributed by atoms with Crippen LogP contribution < -0.4 is 4.74 Å². The molecule has 2 heterocycles. The van der Waals surface area contributed by atoms with Crippen molar-refractivity contribution >= 4 is 28.4 Å². The number of ketones is 1. The van der Waals surface area contributed by atoms with Crippen molar-refractivity contribution in [2.45, 2.75) is 33.0 Å². The number of halogens is 1. The number of carbonyl (C=O) groups is 2. The van der Waals surface area contributed by atoms with Crippen LogP contribution >= 0.6 is 0 Å². The lowest BCUT2D eigenvalue weighted by Crippen LogP contribution is -2.29. The van der Waals surface area contributed by atoms with E-state index in [1.807, 2.05) is 68.4 Å². The predicted octanol–water partition coefficient (Wildman–Crippen LogP) is 7.12. The normalized spacial score (nSPS) is 16.4. The lowest BCUT2D eigenvalue weighted by atomic mass is 9.93. The van der Waals surface area contributed by atoms with Crippen LogP contribution in [0.2, 0.25) is 0 Å². The third kappa shape index (κ3) is 4.94. The number of para-hydroxylation sites is 1. The van der Waals surface area contributed by atoms with Gasteiger partial charge in [0.05, 0.1) is 11.6 Å². The predicted molar refractivity (Wildman–Crippen MR) is 159 cm³/mol. The van der Waals surface area contributed by atoms with E-state index in [0.717, 1.165) is 33.3 Å². The van der Waals surface area contributed by atoms with Gasteiger partial charge in [-0.15, -0.1) is 0 Å². The average molecular weight is 561 g/mol. The molecule has 2 N–H and O–H groups in total. The number of aliphatic hydroxyl groups is 1. The first-order chi connectivity index (χ1) is 20.3. The molecule has 1 saturated heterocycles. The Balaban J connectivity index is 1.43. The van der Waals surface area contributed by atoms with Crippen molar-refractivity contribution in [2.24, 2.45) is 0 Å². The quantitative estimate of drug-likeness (QED) is 0.126. The number of aromatic nitrogens is 1. The van der Waals surface area contributed by atoms with E-state index < -0.39 is 23.5 Å². The Bertz CT molecular complexity index is 1840. The maximum Gasteiger partial charge on any atom is 0.295 e. The van der Waals surface area contributed by atoms with Gasteiger partial charge in [0.2, 0.25) is 0 Å². The third-order valence-electron chi connectivity index (χ3n) is 7.71. The second kappa shape index (κ2) is 11.0. The van der Waals surface area contributed by atoms with Gasteiger partial charge in [-0.2, -0.15) is 0 Å². The Morgan fingerprint density at radius 1 is 0.905 bits per heavy atom. The fourth-order valence-electron chi connectivity index (χ4n) is 5.63. The number of hydrogen-bond acceptors (Lipinski definition) is 4. The highest BCUT2D eigenvalue weighted by molar-refractivity contribution is 6.46. The summed E-state index contributed by atoms with van der Waals surface area (Å²) >= 11 is 0. The number of carbonyl (C=O) groups excluding carboxylic acids is 2. The van der Waals surface area contributed by atoms with E-state index in [0.29, 0.717) is 23.5 Å². The zero-order valence-corrected chi connectivity index (χ0v) is 23.2. The van der Waals surface area contributed by atoms with Crippen LogP contribution in [0.1, 0.15) is 39.6 Å². The highest BCUT2D eigenvalue weighted by Crippen LogP contribution is 2.44. The van der Waals surface area contributed by atoms with Crippen LogP contribution in [0.5, 0.6) is 5.75 Å². The lowest BCUT2D eigenvalue weighted by Gasteiger charge is -2.26. The van der Waals surface area contributed by atoms with Crippen LogP contribution in [0.15, 0.2) is 103 Å². The number of H-pyrrole nitrogens is 1. The van der Waals surface area contributed by atoms with E-state index in [1.54, 1.807) is 30.3 Å². The molecule has 6 rings (SSSR count). The van der Waals surface area contributed by atoms with Gasteiger partial charge < -0.3 is 19.7 Å².